The van der Waals surface area contributed by atoms with Gasteiger partial charge in [-0.1, -0.05) is 12.1 Å². The van der Waals surface area contributed by atoms with Gasteiger partial charge in [0.15, 0.2) is 11.3 Å². The van der Waals surface area contributed by atoms with Gasteiger partial charge >= 0.3 is 5.63 Å². The highest BCUT2D eigenvalue weighted by atomic mass is 16.5. The number of aliphatic hydroxyl groups is 1. The van der Waals surface area contributed by atoms with Crippen molar-refractivity contribution < 1.29 is 19.1 Å². The van der Waals surface area contributed by atoms with Crippen molar-refractivity contribution in [1.29, 1.82) is 0 Å². The van der Waals surface area contributed by atoms with Crippen molar-refractivity contribution in [1.82, 2.24) is 5.32 Å². The number of rotatable bonds is 5. The molecule has 6 heteroatoms. The highest BCUT2D eigenvalue weighted by Gasteiger charge is 2.40. The van der Waals surface area contributed by atoms with E-state index in [1.807, 2.05) is 0 Å². The highest BCUT2D eigenvalue weighted by molar-refractivity contribution is 5.97. The van der Waals surface area contributed by atoms with Crippen LogP contribution in [0.2, 0.25) is 0 Å². The summed E-state index contributed by atoms with van der Waals surface area (Å²) in [4.78, 5) is 24.3. The van der Waals surface area contributed by atoms with Crippen LogP contribution in [-0.4, -0.2) is 30.3 Å². The molecule has 23 heavy (non-hydrogen) atoms. The molecule has 0 saturated heterocycles. The summed E-state index contributed by atoms with van der Waals surface area (Å²) >= 11 is 0. The van der Waals surface area contributed by atoms with Crippen molar-refractivity contribution in [2.24, 2.45) is 5.92 Å². The van der Waals surface area contributed by atoms with Crippen LogP contribution in [0.5, 0.6) is 5.75 Å². The van der Waals surface area contributed by atoms with Crippen LogP contribution in [-0.2, 0) is 0 Å². The maximum Gasteiger partial charge on any atom is 0.349 e. The highest BCUT2D eigenvalue weighted by Crippen LogP contribution is 2.39. The topological polar surface area (TPSA) is 88.8 Å². The molecule has 1 aromatic carbocycles. The summed E-state index contributed by atoms with van der Waals surface area (Å²) < 4.78 is 10.4. The number of hydrogen-bond donors (Lipinski definition) is 2. The van der Waals surface area contributed by atoms with Crippen molar-refractivity contribution >= 4 is 16.9 Å². The number of carbonyl (C=O) groups is 1. The first-order valence-corrected chi connectivity index (χ1v) is 7.54. The first-order valence-electron chi connectivity index (χ1n) is 7.54. The second-order valence-corrected chi connectivity index (χ2v) is 6.14. The molecule has 1 aromatic heterocycles. The van der Waals surface area contributed by atoms with E-state index in [4.69, 9.17) is 9.15 Å². The first kappa shape index (κ1) is 15.6. The lowest BCUT2D eigenvalue weighted by Crippen LogP contribution is -2.43. The second kappa shape index (κ2) is 5.70. The van der Waals surface area contributed by atoms with E-state index in [-0.39, 0.29) is 18.0 Å². The van der Waals surface area contributed by atoms with Gasteiger partial charge < -0.3 is 19.6 Å². The molecule has 1 fully saturated rings. The summed E-state index contributed by atoms with van der Waals surface area (Å²) in [6, 6.07) is 6.64. The average Bonchev–Trinajstić information content (AvgIpc) is 3.37. The maximum absolute atomic E-state index is 12.2. The fourth-order valence-electron chi connectivity index (χ4n) is 2.64. The lowest BCUT2D eigenvalue weighted by atomic mass is 10.0. The van der Waals surface area contributed by atoms with Gasteiger partial charge in [-0.25, -0.2) is 4.79 Å². The summed E-state index contributed by atoms with van der Waals surface area (Å²) in [5, 5.41) is 13.4. The lowest BCUT2D eigenvalue weighted by molar-refractivity contribution is 0.0353. The molecule has 1 aliphatic rings. The zero-order valence-corrected chi connectivity index (χ0v) is 13.1. The Labute approximate surface area is 133 Å². The minimum Gasteiger partial charge on any atom is -0.493 e. The molecular formula is C17H19NO5. The molecule has 1 heterocycles. The van der Waals surface area contributed by atoms with Gasteiger partial charge in [-0.2, -0.15) is 0 Å². The molecule has 0 spiro atoms. The second-order valence-electron chi connectivity index (χ2n) is 6.14. The number of benzene rings is 1. The van der Waals surface area contributed by atoms with Gasteiger partial charge in [0, 0.05) is 11.9 Å². The van der Waals surface area contributed by atoms with E-state index in [2.05, 4.69) is 5.32 Å². The van der Waals surface area contributed by atoms with Crippen LogP contribution in [0.3, 0.4) is 0 Å². The molecule has 3 rings (SSSR count). The Morgan fingerprint density at radius 2 is 2.22 bits per heavy atom. The fraction of sp³-hybridized carbons (Fsp3) is 0.412. The molecule has 1 aliphatic carbocycles. The average molecular weight is 317 g/mol. The smallest absolute Gasteiger partial charge is 0.349 e. The summed E-state index contributed by atoms with van der Waals surface area (Å²) in [6.45, 7) is 1.80. The van der Waals surface area contributed by atoms with E-state index < -0.39 is 17.1 Å². The predicted octanol–water partition coefficient (Wildman–Crippen LogP) is 1.69. The molecule has 0 radical (unpaired) electrons. The number of amides is 1. The molecule has 1 unspecified atom stereocenters. The minimum atomic E-state index is -0.948. The number of ether oxygens (including phenoxy) is 1. The Balaban J connectivity index is 1.86. The van der Waals surface area contributed by atoms with Crippen molar-refractivity contribution in [2.75, 3.05) is 13.7 Å². The third kappa shape index (κ3) is 3.07. The van der Waals surface area contributed by atoms with Crippen LogP contribution in [0.15, 0.2) is 33.5 Å². The van der Waals surface area contributed by atoms with Gasteiger partial charge in [0.2, 0.25) is 0 Å². The van der Waals surface area contributed by atoms with E-state index in [0.717, 1.165) is 12.8 Å². The quantitative estimate of drug-likeness (QED) is 0.819. The molecule has 1 atom stereocenters. The molecule has 122 valence electrons. The SMILES string of the molecule is COc1cccc2cc(C(=O)NCC(C)(O)C3CC3)c(=O)oc12. The van der Waals surface area contributed by atoms with Gasteiger partial charge in [-0.3, -0.25) is 4.79 Å². The van der Waals surface area contributed by atoms with Crippen LogP contribution in [0.25, 0.3) is 11.0 Å². The molecular weight excluding hydrogens is 298 g/mol. The van der Waals surface area contributed by atoms with Crippen LogP contribution < -0.4 is 15.7 Å². The number of nitrogens with one attached hydrogen (secondary N) is 1. The van der Waals surface area contributed by atoms with E-state index in [0.29, 0.717) is 16.7 Å². The van der Waals surface area contributed by atoms with Crippen molar-refractivity contribution in [3.8, 4) is 5.75 Å². The fourth-order valence-corrected chi connectivity index (χ4v) is 2.64. The van der Waals surface area contributed by atoms with Gasteiger partial charge in [0.1, 0.15) is 5.56 Å². The molecule has 1 saturated carbocycles. The largest absolute Gasteiger partial charge is 0.493 e. The summed E-state index contributed by atoms with van der Waals surface area (Å²) in [7, 11) is 1.48. The van der Waals surface area contributed by atoms with Gasteiger partial charge in [0.05, 0.1) is 12.7 Å². The molecule has 0 bridgehead atoms. The first-order chi connectivity index (χ1) is 10.9. The van der Waals surface area contributed by atoms with Crippen LogP contribution in [0, 0.1) is 5.92 Å². The van der Waals surface area contributed by atoms with Gasteiger partial charge in [-0.05, 0) is 37.8 Å². The Bertz CT molecular complexity index is 804. The Morgan fingerprint density at radius 1 is 1.48 bits per heavy atom. The minimum absolute atomic E-state index is 0.0858. The maximum atomic E-state index is 12.2. The van der Waals surface area contributed by atoms with Crippen LogP contribution >= 0.6 is 0 Å². The normalized spacial score (nSPS) is 16.8. The molecule has 6 nitrogen and oxygen atoms in total. The van der Waals surface area contributed by atoms with E-state index in [9.17, 15) is 14.7 Å². The Kier molecular flexibility index (Phi) is 3.85. The van der Waals surface area contributed by atoms with E-state index >= 15 is 0 Å². The van der Waals surface area contributed by atoms with E-state index in [1.165, 1.54) is 13.2 Å². The third-order valence-electron chi connectivity index (χ3n) is 4.25. The number of para-hydroxylation sites is 1. The number of hydrogen-bond acceptors (Lipinski definition) is 5. The zero-order chi connectivity index (χ0) is 16.6. The Hall–Kier alpha value is -2.34. The Morgan fingerprint density at radius 3 is 2.87 bits per heavy atom. The monoisotopic (exact) mass is 317 g/mol. The molecule has 2 aromatic rings. The third-order valence-corrected chi connectivity index (χ3v) is 4.25. The number of fused-ring (bicyclic) bond motifs is 1. The van der Waals surface area contributed by atoms with Crippen molar-refractivity contribution in [3.63, 3.8) is 0 Å². The number of carbonyl (C=O) groups excluding carboxylic acids is 1. The standard InChI is InChI=1S/C17H19NO5/c1-17(21,11-6-7-11)9-18-15(19)12-8-10-4-3-5-13(22-2)14(10)23-16(12)20/h3-5,8,11,21H,6-7,9H2,1-2H3,(H,18,19). The van der Waals surface area contributed by atoms with Crippen molar-refractivity contribution in [2.45, 2.75) is 25.4 Å². The predicted molar refractivity (Wildman–Crippen MR) is 84.7 cm³/mol. The van der Waals surface area contributed by atoms with Gasteiger partial charge in [0.25, 0.3) is 5.91 Å². The zero-order valence-electron chi connectivity index (χ0n) is 13.1. The van der Waals surface area contributed by atoms with Crippen LogP contribution in [0.4, 0.5) is 0 Å². The summed E-state index contributed by atoms with van der Waals surface area (Å²) in [5.74, 6) is 0.0905. The van der Waals surface area contributed by atoms with Gasteiger partial charge in [-0.15, -0.1) is 0 Å². The molecule has 2 N–H and O–H groups in total. The van der Waals surface area contributed by atoms with Crippen LogP contribution in [0.1, 0.15) is 30.1 Å². The number of methoxy groups -OCH3 is 1. The molecule has 1 amide bonds. The summed E-state index contributed by atoms with van der Waals surface area (Å²) in [5.41, 5.74) is -1.46. The lowest BCUT2D eigenvalue weighted by Gasteiger charge is -2.23. The molecule has 0 aliphatic heterocycles. The van der Waals surface area contributed by atoms with Crippen molar-refractivity contribution in [3.05, 3.63) is 40.2 Å². The summed E-state index contributed by atoms with van der Waals surface area (Å²) in [6.07, 6.45) is 1.92. The van der Waals surface area contributed by atoms with E-state index in [1.54, 1.807) is 25.1 Å².